The molecule has 1 N–H and O–H groups in total. The Kier molecular flexibility index (Phi) is 4.14. The van der Waals surface area contributed by atoms with E-state index >= 15 is 0 Å². The van der Waals surface area contributed by atoms with Crippen LogP contribution < -0.4 is 0 Å². The Balaban J connectivity index is 4.81. The second kappa shape index (κ2) is 4.38. The highest BCUT2D eigenvalue weighted by Gasteiger charge is 2.12. The highest BCUT2D eigenvalue weighted by Crippen LogP contribution is 2.08. The average Bonchev–Trinajstić information content (AvgIpc) is 1.97. The number of carbonyl (C=O) groups excluding carboxylic acids is 1. The van der Waals surface area contributed by atoms with E-state index < -0.39 is 16.1 Å². The maximum absolute atomic E-state index is 10.6. The maximum Gasteiger partial charge on any atom is 0.317 e. The molecule has 0 saturated carbocycles. The van der Waals surface area contributed by atoms with Crippen LogP contribution in [-0.4, -0.2) is 29.4 Å². The molecule has 0 aromatic heterocycles. The van der Waals surface area contributed by atoms with E-state index in [1.54, 1.807) is 0 Å². The van der Waals surface area contributed by atoms with E-state index in [1.807, 2.05) is 0 Å². The van der Waals surface area contributed by atoms with Crippen molar-refractivity contribution in [3.8, 4) is 0 Å². The lowest BCUT2D eigenvalue weighted by atomic mass is 10.4. The van der Waals surface area contributed by atoms with E-state index in [1.165, 1.54) is 6.92 Å². The second-order valence-electron chi connectivity index (χ2n) is 1.96. The summed E-state index contributed by atoms with van der Waals surface area (Å²) < 4.78 is 33.9. The monoisotopic (exact) mass is 210 g/mol. The molecule has 0 spiro atoms. The fraction of sp³-hybridized carbons (Fsp3) is 0.400. The van der Waals surface area contributed by atoms with Gasteiger partial charge in [-0.1, -0.05) is 6.92 Å². The molecule has 0 fully saturated rings. The first-order valence-corrected chi connectivity index (χ1v) is 5.43. The lowest BCUT2D eigenvalue weighted by Gasteiger charge is -1.98. The van der Waals surface area contributed by atoms with Crippen LogP contribution in [0.25, 0.3) is 0 Å². The Hall–Kier alpha value is -0.663. The van der Waals surface area contributed by atoms with Gasteiger partial charge in [-0.25, -0.2) is 4.79 Å². The van der Waals surface area contributed by atoms with Crippen LogP contribution >= 0.6 is 0 Å². The van der Waals surface area contributed by atoms with Crippen molar-refractivity contribution in [1.82, 2.24) is 0 Å². The Labute approximate surface area is 73.7 Å². The van der Waals surface area contributed by atoms with Gasteiger partial charge in [-0.2, -0.15) is 8.42 Å². The number of hydrogen-bond acceptors (Lipinski definition) is 4. The molecule has 0 unspecified atom stereocenters. The van der Waals surface area contributed by atoms with Crippen molar-refractivity contribution in [2.75, 3.05) is 0 Å². The first-order chi connectivity index (χ1) is 5.41. The zero-order chi connectivity index (χ0) is 9.78. The zero-order valence-electron chi connectivity index (χ0n) is 6.77. The van der Waals surface area contributed by atoms with Gasteiger partial charge in [0, 0.05) is 6.08 Å². The minimum absolute atomic E-state index is 0.0650. The lowest BCUT2D eigenvalue weighted by molar-refractivity contribution is -0.128. The van der Waals surface area contributed by atoms with Crippen molar-refractivity contribution in [3.63, 3.8) is 0 Å². The van der Waals surface area contributed by atoms with Crippen LogP contribution in [0.4, 0.5) is 0 Å². The number of hydrogen-bond donors (Lipinski definition) is 1. The molecule has 12 heavy (non-hydrogen) atoms. The van der Waals surface area contributed by atoms with Gasteiger partial charge < -0.3 is 4.43 Å². The van der Waals surface area contributed by atoms with Gasteiger partial charge in [0.25, 0.3) is 10.1 Å². The number of rotatable bonds is 3. The minimum Gasteiger partial charge on any atom is -0.526 e. The Morgan fingerprint density at radius 3 is 2.42 bits per heavy atom. The standard InChI is InChI=1S/C5H10O5SSi/c1-2-4(11(7,8)9)3-5(6)10-12/h3H,2H2,1,12H3,(H,7,8,9). The van der Waals surface area contributed by atoms with Crippen molar-refractivity contribution in [1.29, 1.82) is 0 Å². The van der Waals surface area contributed by atoms with E-state index in [0.717, 1.165) is 6.08 Å². The molecular weight excluding hydrogens is 200 g/mol. The molecule has 0 saturated heterocycles. The average molecular weight is 210 g/mol. The van der Waals surface area contributed by atoms with Gasteiger partial charge in [0.15, 0.2) is 0 Å². The quantitative estimate of drug-likeness (QED) is 0.367. The molecule has 0 amide bonds. The summed E-state index contributed by atoms with van der Waals surface area (Å²) in [6.45, 7) is 1.51. The third-order valence-electron chi connectivity index (χ3n) is 1.16. The summed E-state index contributed by atoms with van der Waals surface area (Å²) in [5.74, 6) is -0.740. The van der Waals surface area contributed by atoms with Crippen LogP contribution in [0.15, 0.2) is 11.0 Å². The van der Waals surface area contributed by atoms with Crippen molar-refractivity contribution in [2.24, 2.45) is 0 Å². The van der Waals surface area contributed by atoms with Crippen LogP contribution in [0.5, 0.6) is 0 Å². The first-order valence-electron chi connectivity index (χ1n) is 3.17. The van der Waals surface area contributed by atoms with Gasteiger partial charge in [0.05, 0.1) is 4.91 Å². The van der Waals surface area contributed by atoms with Gasteiger partial charge >= 0.3 is 5.97 Å². The molecule has 0 aromatic carbocycles. The Morgan fingerprint density at radius 2 is 2.17 bits per heavy atom. The molecular formula is C5H10O5SSi. The van der Waals surface area contributed by atoms with Gasteiger partial charge in [0.1, 0.15) is 0 Å². The van der Waals surface area contributed by atoms with E-state index in [9.17, 15) is 13.2 Å². The van der Waals surface area contributed by atoms with E-state index in [0.29, 0.717) is 0 Å². The molecule has 5 nitrogen and oxygen atoms in total. The predicted octanol–water partition coefficient (Wildman–Crippen LogP) is -1.01. The summed E-state index contributed by atoms with van der Waals surface area (Å²) in [5, 5.41) is 0. The summed E-state index contributed by atoms with van der Waals surface area (Å²) in [7, 11) is -4.05. The van der Waals surface area contributed by atoms with Crippen LogP contribution in [0.1, 0.15) is 13.3 Å². The SMILES string of the molecule is CCC(=CC(=O)O[SiH3])S(=O)(=O)O. The largest absolute Gasteiger partial charge is 0.526 e. The van der Waals surface area contributed by atoms with E-state index in [-0.39, 0.29) is 21.8 Å². The molecule has 0 aromatic rings. The number of carbonyl (C=O) groups is 1. The lowest BCUT2D eigenvalue weighted by Crippen LogP contribution is -2.05. The molecule has 0 atom stereocenters. The Morgan fingerprint density at radius 1 is 1.67 bits per heavy atom. The van der Waals surface area contributed by atoms with Gasteiger partial charge in [-0.05, 0) is 6.42 Å². The van der Waals surface area contributed by atoms with Crippen molar-refractivity contribution in [3.05, 3.63) is 11.0 Å². The zero-order valence-corrected chi connectivity index (χ0v) is 9.59. The topological polar surface area (TPSA) is 80.7 Å². The van der Waals surface area contributed by atoms with Crippen LogP contribution in [-0.2, 0) is 19.3 Å². The minimum atomic E-state index is -4.24. The molecule has 0 aliphatic heterocycles. The van der Waals surface area contributed by atoms with Gasteiger partial charge in [-0.15, -0.1) is 0 Å². The van der Waals surface area contributed by atoms with E-state index in [4.69, 9.17) is 4.55 Å². The van der Waals surface area contributed by atoms with Crippen LogP contribution in [0.2, 0.25) is 0 Å². The smallest absolute Gasteiger partial charge is 0.317 e. The molecule has 0 heterocycles. The molecule has 0 aliphatic carbocycles. The Bertz CT molecular complexity index is 291. The summed E-state index contributed by atoms with van der Waals surface area (Å²) in [4.78, 5) is 10.3. The number of allylic oxidation sites excluding steroid dienone is 1. The maximum atomic E-state index is 10.6. The van der Waals surface area contributed by atoms with Crippen LogP contribution in [0, 0.1) is 0 Å². The third-order valence-corrected chi connectivity index (χ3v) is 2.63. The molecule has 70 valence electrons. The molecule has 0 radical (unpaired) electrons. The normalized spacial score (nSPS) is 13.0. The molecule has 7 heteroatoms. The summed E-state index contributed by atoms with van der Waals surface area (Å²) in [6.07, 6.45) is 0.845. The second-order valence-corrected chi connectivity index (χ2v) is 3.85. The van der Waals surface area contributed by atoms with Crippen molar-refractivity contribution < 1.29 is 22.2 Å². The highest BCUT2D eigenvalue weighted by molar-refractivity contribution is 7.89. The van der Waals surface area contributed by atoms with Crippen LogP contribution in [0.3, 0.4) is 0 Å². The third kappa shape index (κ3) is 3.65. The van der Waals surface area contributed by atoms with E-state index in [2.05, 4.69) is 4.43 Å². The summed E-state index contributed by atoms with van der Waals surface area (Å²) >= 11 is 0. The predicted molar refractivity (Wildman–Crippen MR) is 46.0 cm³/mol. The van der Waals surface area contributed by atoms with Gasteiger partial charge in [0.2, 0.25) is 10.5 Å². The van der Waals surface area contributed by atoms with Gasteiger partial charge in [-0.3, -0.25) is 4.55 Å². The fourth-order valence-electron chi connectivity index (χ4n) is 0.549. The highest BCUT2D eigenvalue weighted by atomic mass is 32.2. The molecule has 0 rings (SSSR count). The fourth-order valence-corrected chi connectivity index (χ4v) is 1.28. The summed E-state index contributed by atoms with van der Waals surface area (Å²) in [6, 6.07) is 0. The van der Waals surface area contributed by atoms with Crippen molar-refractivity contribution >= 4 is 26.6 Å². The molecule has 0 bridgehead atoms. The first kappa shape index (κ1) is 11.3. The summed E-state index contributed by atoms with van der Waals surface area (Å²) in [5.41, 5.74) is 0. The van der Waals surface area contributed by atoms with Crippen molar-refractivity contribution in [2.45, 2.75) is 13.3 Å². The molecule has 0 aliphatic rings.